The Morgan fingerprint density at radius 2 is 2.05 bits per heavy atom. The molecule has 0 aliphatic rings. The van der Waals surface area contributed by atoms with Gasteiger partial charge in [0.05, 0.1) is 4.92 Å². The van der Waals surface area contributed by atoms with Gasteiger partial charge in [-0.1, -0.05) is 0 Å². The van der Waals surface area contributed by atoms with Crippen LogP contribution in [0.5, 0.6) is 5.75 Å². The van der Waals surface area contributed by atoms with Gasteiger partial charge in [0.25, 0.3) is 5.69 Å². The van der Waals surface area contributed by atoms with E-state index in [9.17, 15) is 14.9 Å². The van der Waals surface area contributed by atoms with Gasteiger partial charge in [-0.05, 0) is 31.5 Å². The van der Waals surface area contributed by atoms with Gasteiger partial charge in [0.15, 0.2) is 0 Å². The van der Waals surface area contributed by atoms with E-state index < -0.39 is 10.9 Å². The van der Waals surface area contributed by atoms with E-state index in [-0.39, 0.29) is 18.1 Å². The molecule has 0 amide bonds. The highest BCUT2D eigenvalue weighted by atomic mass is 16.6. The van der Waals surface area contributed by atoms with Gasteiger partial charge >= 0.3 is 5.97 Å². The average Bonchev–Trinajstić information content (AvgIpc) is 2.78. The molecule has 0 aliphatic heterocycles. The van der Waals surface area contributed by atoms with Crippen molar-refractivity contribution in [1.29, 1.82) is 0 Å². The number of rotatable bonds is 5. The summed E-state index contributed by atoms with van der Waals surface area (Å²) in [7, 11) is 0. The monoisotopic (exact) mass is 291 g/mol. The largest absolute Gasteiger partial charge is 0.485 e. The zero-order valence-corrected chi connectivity index (χ0v) is 11.5. The number of nitro benzene ring substituents is 1. The van der Waals surface area contributed by atoms with Gasteiger partial charge in [-0.25, -0.2) is 4.79 Å². The highest BCUT2D eigenvalue weighted by molar-refractivity contribution is 5.86. The number of non-ortho nitro benzene ring substituents is 1. The summed E-state index contributed by atoms with van der Waals surface area (Å²) >= 11 is 0. The SMILES string of the molecule is Cc1cc([N+](=O)[O-])ccc1OCc1cc(C)c(C(=O)O)o1. The first kappa shape index (κ1) is 14.6. The minimum absolute atomic E-state index is 0.0122. The Balaban J connectivity index is 2.11. The first-order valence-corrected chi connectivity index (χ1v) is 6.09. The predicted octanol–water partition coefficient (Wildman–Crippen LogP) is 3.08. The summed E-state index contributed by atoms with van der Waals surface area (Å²) < 4.78 is 10.7. The molecule has 2 aromatic rings. The fourth-order valence-corrected chi connectivity index (χ4v) is 1.89. The van der Waals surface area contributed by atoms with Crippen LogP contribution in [0, 0.1) is 24.0 Å². The molecule has 1 N–H and O–H groups in total. The lowest BCUT2D eigenvalue weighted by Gasteiger charge is -2.07. The van der Waals surface area contributed by atoms with Crippen molar-refractivity contribution in [3.05, 3.63) is 57.0 Å². The lowest BCUT2D eigenvalue weighted by atomic mass is 10.2. The van der Waals surface area contributed by atoms with Gasteiger partial charge in [-0.3, -0.25) is 10.1 Å². The smallest absolute Gasteiger partial charge is 0.372 e. The van der Waals surface area contributed by atoms with Gasteiger partial charge in [0.1, 0.15) is 18.1 Å². The van der Waals surface area contributed by atoms with Crippen LogP contribution in [0.25, 0.3) is 0 Å². The second-order valence-corrected chi connectivity index (χ2v) is 4.53. The molecule has 0 aliphatic carbocycles. The van der Waals surface area contributed by atoms with Crippen molar-refractivity contribution in [3.63, 3.8) is 0 Å². The molecule has 0 spiro atoms. The van der Waals surface area contributed by atoms with Crippen LogP contribution in [0.4, 0.5) is 5.69 Å². The van der Waals surface area contributed by atoms with Crippen molar-refractivity contribution in [2.75, 3.05) is 0 Å². The number of furan rings is 1. The first-order chi connectivity index (χ1) is 9.88. The van der Waals surface area contributed by atoms with Gasteiger partial charge < -0.3 is 14.3 Å². The Labute approximate surface area is 119 Å². The summed E-state index contributed by atoms with van der Waals surface area (Å²) in [6, 6.07) is 5.84. The van der Waals surface area contributed by atoms with Crippen LogP contribution in [-0.2, 0) is 6.61 Å². The van der Waals surface area contributed by atoms with Crippen LogP contribution in [0.1, 0.15) is 27.4 Å². The van der Waals surface area contributed by atoms with Crippen LogP contribution in [-0.4, -0.2) is 16.0 Å². The number of hydrogen-bond acceptors (Lipinski definition) is 5. The third-order valence-corrected chi connectivity index (χ3v) is 2.90. The van der Waals surface area contributed by atoms with Crippen molar-refractivity contribution in [3.8, 4) is 5.75 Å². The lowest BCUT2D eigenvalue weighted by molar-refractivity contribution is -0.384. The van der Waals surface area contributed by atoms with E-state index >= 15 is 0 Å². The Kier molecular flexibility index (Phi) is 3.93. The quantitative estimate of drug-likeness (QED) is 0.670. The second kappa shape index (κ2) is 5.66. The van der Waals surface area contributed by atoms with E-state index in [1.54, 1.807) is 19.9 Å². The number of nitro groups is 1. The standard InChI is InChI=1S/C14H13NO6/c1-8-5-10(15(18)19)3-4-12(8)20-7-11-6-9(2)13(21-11)14(16)17/h3-6H,7H2,1-2H3,(H,16,17). The van der Waals surface area contributed by atoms with Crippen molar-refractivity contribution in [2.45, 2.75) is 20.5 Å². The number of hydrogen-bond donors (Lipinski definition) is 1. The lowest BCUT2D eigenvalue weighted by Crippen LogP contribution is -1.97. The molecule has 1 aromatic carbocycles. The molecule has 0 saturated carbocycles. The van der Waals surface area contributed by atoms with E-state index in [1.165, 1.54) is 18.2 Å². The Hall–Kier alpha value is -2.83. The van der Waals surface area contributed by atoms with Crippen LogP contribution in [0.15, 0.2) is 28.7 Å². The van der Waals surface area contributed by atoms with Crippen LogP contribution < -0.4 is 4.74 Å². The van der Waals surface area contributed by atoms with E-state index in [0.717, 1.165) is 0 Å². The number of ether oxygens (including phenoxy) is 1. The van der Waals surface area contributed by atoms with E-state index in [2.05, 4.69) is 0 Å². The summed E-state index contributed by atoms with van der Waals surface area (Å²) in [4.78, 5) is 21.0. The number of carboxylic acids is 1. The third kappa shape index (κ3) is 3.19. The zero-order valence-electron chi connectivity index (χ0n) is 11.5. The van der Waals surface area contributed by atoms with Crippen molar-refractivity contribution < 1.29 is 24.0 Å². The first-order valence-electron chi connectivity index (χ1n) is 6.09. The maximum absolute atomic E-state index is 10.9. The van der Waals surface area contributed by atoms with E-state index in [4.69, 9.17) is 14.3 Å². The molecule has 0 radical (unpaired) electrons. The molecule has 21 heavy (non-hydrogen) atoms. The summed E-state index contributed by atoms with van der Waals surface area (Å²) in [5, 5.41) is 19.5. The third-order valence-electron chi connectivity index (χ3n) is 2.90. The minimum Gasteiger partial charge on any atom is -0.485 e. The molecular formula is C14H13NO6. The zero-order chi connectivity index (χ0) is 15.6. The van der Waals surface area contributed by atoms with E-state index in [1.807, 2.05) is 0 Å². The van der Waals surface area contributed by atoms with Crippen molar-refractivity contribution in [2.24, 2.45) is 0 Å². The van der Waals surface area contributed by atoms with Gasteiger partial charge in [0.2, 0.25) is 5.76 Å². The molecule has 1 aromatic heterocycles. The fraction of sp³-hybridized carbons (Fsp3) is 0.214. The molecule has 0 bridgehead atoms. The number of carboxylic acid groups (broad SMARTS) is 1. The Morgan fingerprint density at radius 3 is 2.57 bits per heavy atom. The molecular weight excluding hydrogens is 278 g/mol. The number of carbonyl (C=O) groups is 1. The Bertz CT molecular complexity index is 703. The molecule has 7 nitrogen and oxygen atoms in total. The minimum atomic E-state index is -1.13. The molecule has 0 saturated heterocycles. The number of aryl methyl sites for hydroxylation is 2. The van der Waals surface area contributed by atoms with Gasteiger partial charge in [0, 0.05) is 17.7 Å². The highest BCUT2D eigenvalue weighted by Gasteiger charge is 2.15. The molecule has 7 heteroatoms. The molecule has 110 valence electrons. The molecule has 2 rings (SSSR count). The maximum atomic E-state index is 10.9. The predicted molar refractivity (Wildman–Crippen MR) is 72.6 cm³/mol. The van der Waals surface area contributed by atoms with Crippen LogP contribution in [0.2, 0.25) is 0 Å². The second-order valence-electron chi connectivity index (χ2n) is 4.53. The fourth-order valence-electron chi connectivity index (χ4n) is 1.89. The van der Waals surface area contributed by atoms with Crippen molar-refractivity contribution in [1.82, 2.24) is 0 Å². The molecule has 0 unspecified atom stereocenters. The van der Waals surface area contributed by atoms with Crippen molar-refractivity contribution >= 4 is 11.7 Å². The average molecular weight is 291 g/mol. The summed E-state index contributed by atoms with van der Waals surface area (Å²) in [5.74, 6) is -0.395. The maximum Gasteiger partial charge on any atom is 0.372 e. The Morgan fingerprint density at radius 1 is 1.33 bits per heavy atom. The van der Waals surface area contributed by atoms with E-state index in [0.29, 0.717) is 22.6 Å². The molecule has 0 atom stereocenters. The summed E-state index contributed by atoms with van der Waals surface area (Å²) in [6.45, 7) is 3.37. The number of benzene rings is 1. The summed E-state index contributed by atoms with van der Waals surface area (Å²) in [6.07, 6.45) is 0. The number of aromatic carboxylic acids is 1. The highest BCUT2D eigenvalue weighted by Crippen LogP contribution is 2.24. The topological polar surface area (TPSA) is 103 Å². The molecule has 0 fully saturated rings. The normalized spacial score (nSPS) is 10.4. The van der Waals surface area contributed by atoms with Gasteiger partial charge in [-0.2, -0.15) is 0 Å². The van der Waals surface area contributed by atoms with Gasteiger partial charge in [-0.15, -0.1) is 0 Å². The number of nitrogens with zero attached hydrogens (tertiary/aromatic N) is 1. The molecule has 1 heterocycles. The van der Waals surface area contributed by atoms with Crippen LogP contribution >= 0.6 is 0 Å². The summed E-state index contributed by atoms with van der Waals surface area (Å²) in [5.41, 5.74) is 1.12. The van der Waals surface area contributed by atoms with Crippen LogP contribution in [0.3, 0.4) is 0 Å².